The van der Waals surface area contributed by atoms with Crippen LogP contribution in [0.5, 0.6) is 5.75 Å². The van der Waals surface area contributed by atoms with Crippen molar-refractivity contribution in [1.82, 2.24) is 0 Å². The van der Waals surface area contributed by atoms with Crippen molar-refractivity contribution in [3.05, 3.63) is 47.8 Å². The monoisotopic (exact) mass is 274 g/mol. The smallest absolute Gasteiger partial charge is 0.127 e. The molecule has 106 valence electrons. The number of rotatable bonds is 5. The van der Waals surface area contributed by atoms with Gasteiger partial charge >= 0.3 is 0 Å². The third kappa shape index (κ3) is 3.33. The van der Waals surface area contributed by atoms with Gasteiger partial charge in [-0.2, -0.15) is 0 Å². The molecule has 3 nitrogen and oxygen atoms in total. The van der Waals surface area contributed by atoms with Crippen molar-refractivity contribution in [3.8, 4) is 5.75 Å². The molecule has 1 aliphatic carbocycles. The molecule has 1 fully saturated rings. The maximum Gasteiger partial charge on any atom is 0.127 e. The van der Waals surface area contributed by atoms with Gasteiger partial charge in [-0.1, -0.05) is 12.7 Å². The second kappa shape index (κ2) is 6.01. The zero-order valence-electron chi connectivity index (χ0n) is 11.8. The fourth-order valence-electron chi connectivity index (χ4n) is 2.03. The second-order valence-corrected chi connectivity index (χ2v) is 4.89. The van der Waals surface area contributed by atoms with Crippen molar-refractivity contribution in [2.75, 3.05) is 7.11 Å². The number of aliphatic imine (C=N–C) groups is 1. The standard InChI is InChI=1S/C16H19FN2O/c1-4-16(19-9-10(2)14-8-15(14)18)11-5-12(17)7-13(6-11)20-3/h4-7,9,14-15H,2,8,18H2,1,3H3/b16-4-,19-9-/t14-,15+/m1/s1. The van der Waals surface area contributed by atoms with Crippen molar-refractivity contribution in [2.24, 2.45) is 16.6 Å². The Balaban J connectivity index is 2.18. The van der Waals surface area contributed by atoms with Crippen LogP contribution in [0, 0.1) is 11.7 Å². The zero-order valence-corrected chi connectivity index (χ0v) is 11.8. The van der Waals surface area contributed by atoms with E-state index in [1.54, 1.807) is 12.3 Å². The number of halogens is 1. The Morgan fingerprint density at radius 3 is 2.75 bits per heavy atom. The minimum atomic E-state index is -0.350. The molecular formula is C16H19FN2O. The summed E-state index contributed by atoms with van der Waals surface area (Å²) in [5, 5.41) is 0. The molecular weight excluding hydrogens is 255 g/mol. The lowest BCUT2D eigenvalue weighted by Gasteiger charge is -2.06. The summed E-state index contributed by atoms with van der Waals surface area (Å²) < 4.78 is 18.6. The van der Waals surface area contributed by atoms with Crippen LogP contribution in [0.2, 0.25) is 0 Å². The van der Waals surface area contributed by atoms with E-state index in [0.717, 1.165) is 12.0 Å². The van der Waals surface area contributed by atoms with Gasteiger partial charge < -0.3 is 10.5 Å². The topological polar surface area (TPSA) is 47.6 Å². The molecule has 0 bridgehead atoms. The average molecular weight is 274 g/mol. The third-order valence-corrected chi connectivity index (χ3v) is 3.36. The first-order valence-electron chi connectivity index (χ1n) is 6.55. The van der Waals surface area contributed by atoms with Crippen LogP contribution in [-0.2, 0) is 0 Å². The lowest BCUT2D eigenvalue weighted by Crippen LogP contribution is -2.03. The molecule has 1 aliphatic rings. The lowest BCUT2D eigenvalue weighted by atomic mass is 10.1. The highest BCUT2D eigenvalue weighted by atomic mass is 19.1. The van der Waals surface area contributed by atoms with E-state index in [-0.39, 0.29) is 11.9 Å². The van der Waals surface area contributed by atoms with Crippen LogP contribution in [0.1, 0.15) is 18.9 Å². The van der Waals surface area contributed by atoms with E-state index in [1.165, 1.54) is 19.2 Å². The van der Waals surface area contributed by atoms with Gasteiger partial charge in [0.2, 0.25) is 0 Å². The molecule has 1 aromatic carbocycles. The molecule has 20 heavy (non-hydrogen) atoms. The molecule has 0 unspecified atom stereocenters. The summed E-state index contributed by atoms with van der Waals surface area (Å²) in [5.74, 6) is 0.452. The Kier molecular flexibility index (Phi) is 4.35. The lowest BCUT2D eigenvalue weighted by molar-refractivity contribution is 0.411. The molecule has 1 aromatic rings. The van der Waals surface area contributed by atoms with E-state index >= 15 is 0 Å². The number of hydrogen-bond acceptors (Lipinski definition) is 3. The van der Waals surface area contributed by atoms with Crippen molar-refractivity contribution >= 4 is 11.9 Å². The number of ether oxygens (including phenoxy) is 1. The molecule has 0 heterocycles. The maximum atomic E-state index is 13.5. The molecule has 0 amide bonds. The fraction of sp³-hybridized carbons (Fsp3) is 0.312. The van der Waals surface area contributed by atoms with Crippen molar-refractivity contribution in [1.29, 1.82) is 0 Å². The van der Waals surface area contributed by atoms with Gasteiger partial charge in [-0.15, -0.1) is 0 Å². The van der Waals surface area contributed by atoms with Crippen molar-refractivity contribution in [2.45, 2.75) is 19.4 Å². The molecule has 0 spiro atoms. The Labute approximate surface area is 118 Å². The van der Waals surface area contributed by atoms with Crippen LogP contribution in [0.4, 0.5) is 4.39 Å². The highest BCUT2D eigenvalue weighted by Crippen LogP contribution is 2.33. The van der Waals surface area contributed by atoms with Gasteiger partial charge in [-0.05, 0) is 31.1 Å². The van der Waals surface area contributed by atoms with Gasteiger partial charge in [0, 0.05) is 29.8 Å². The van der Waals surface area contributed by atoms with Crippen molar-refractivity contribution in [3.63, 3.8) is 0 Å². The van der Waals surface area contributed by atoms with E-state index in [1.807, 2.05) is 13.0 Å². The highest BCUT2D eigenvalue weighted by molar-refractivity contribution is 5.85. The van der Waals surface area contributed by atoms with Gasteiger partial charge in [-0.25, -0.2) is 4.39 Å². The molecule has 2 N–H and O–H groups in total. The highest BCUT2D eigenvalue weighted by Gasteiger charge is 2.34. The number of benzene rings is 1. The molecule has 0 aliphatic heterocycles. The van der Waals surface area contributed by atoms with Crippen LogP contribution in [0.3, 0.4) is 0 Å². The van der Waals surface area contributed by atoms with Crippen LogP contribution < -0.4 is 10.5 Å². The Hall–Kier alpha value is -1.94. The summed E-state index contributed by atoms with van der Waals surface area (Å²) in [5.41, 5.74) is 8.04. The molecule has 0 radical (unpaired) electrons. The van der Waals surface area contributed by atoms with Crippen LogP contribution in [0.25, 0.3) is 5.70 Å². The largest absolute Gasteiger partial charge is 0.497 e. The Morgan fingerprint density at radius 1 is 1.50 bits per heavy atom. The quantitative estimate of drug-likeness (QED) is 0.838. The summed E-state index contributed by atoms with van der Waals surface area (Å²) in [6, 6.07) is 4.72. The van der Waals surface area contributed by atoms with E-state index < -0.39 is 0 Å². The molecule has 4 heteroatoms. The van der Waals surface area contributed by atoms with Crippen molar-refractivity contribution < 1.29 is 9.13 Å². The van der Waals surface area contributed by atoms with Gasteiger partial charge in [0.15, 0.2) is 0 Å². The number of methoxy groups -OCH3 is 1. The summed E-state index contributed by atoms with van der Waals surface area (Å²) >= 11 is 0. The minimum absolute atomic E-state index is 0.206. The summed E-state index contributed by atoms with van der Waals surface area (Å²) in [6.45, 7) is 5.82. The molecule has 2 rings (SSSR count). The molecule has 1 saturated carbocycles. The second-order valence-electron chi connectivity index (χ2n) is 4.89. The van der Waals surface area contributed by atoms with Crippen LogP contribution in [-0.4, -0.2) is 19.4 Å². The summed E-state index contributed by atoms with van der Waals surface area (Å²) in [6.07, 6.45) is 4.50. The maximum absolute atomic E-state index is 13.5. The summed E-state index contributed by atoms with van der Waals surface area (Å²) in [4.78, 5) is 4.38. The van der Waals surface area contributed by atoms with E-state index in [4.69, 9.17) is 10.5 Å². The molecule has 2 atom stereocenters. The van der Waals surface area contributed by atoms with Gasteiger partial charge in [0.05, 0.1) is 12.8 Å². The first-order chi connectivity index (χ1) is 9.55. The SMILES string of the molecule is C=C(/C=N\C(=C/C)c1cc(F)cc(OC)c1)[C@H]1C[C@@H]1N. The zero-order chi connectivity index (χ0) is 14.7. The van der Waals surface area contributed by atoms with E-state index in [0.29, 0.717) is 22.9 Å². The molecule has 0 saturated heterocycles. The summed E-state index contributed by atoms with van der Waals surface area (Å²) in [7, 11) is 1.51. The van der Waals surface area contributed by atoms with Gasteiger partial charge in [0.1, 0.15) is 11.6 Å². The predicted octanol–water partition coefficient (Wildman–Crippen LogP) is 3.17. The predicted molar refractivity (Wildman–Crippen MR) is 80.3 cm³/mol. The number of allylic oxidation sites excluding steroid dienone is 1. The normalized spacial score (nSPS) is 22.1. The van der Waals surface area contributed by atoms with Gasteiger partial charge in [-0.3, -0.25) is 4.99 Å². The number of hydrogen-bond donors (Lipinski definition) is 1. The van der Waals surface area contributed by atoms with E-state index in [9.17, 15) is 4.39 Å². The number of nitrogens with two attached hydrogens (primary N) is 1. The van der Waals surface area contributed by atoms with Crippen LogP contribution in [0.15, 0.2) is 41.4 Å². The average Bonchev–Trinajstić information content (AvgIpc) is 3.15. The van der Waals surface area contributed by atoms with Crippen LogP contribution >= 0.6 is 0 Å². The first kappa shape index (κ1) is 14.5. The van der Waals surface area contributed by atoms with Gasteiger partial charge in [0.25, 0.3) is 0 Å². The Bertz CT molecular complexity index is 578. The van der Waals surface area contributed by atoms with E-state index in [2.05, 4.69) is 11.6 Å². The molecule has 0 aromatic heterocycles. The fourth-order valence-corrected chi connectivity index (χ4v) is 2.03. The Morgan fingerprint density at radius 2 is 2.20 bits per heavy atom. The third-order valence-electron chi connectivity index (χ3n) is 3.36. The first-order valence-corrected chi connectivity index (χ1v) is 6.55. The minimum Gasteiger partial charge on any atom is -0.497 e. The number of nitrogens with zero attached hydrogens (tertiary/aromatic N) is 1.